The summed E-state index contributed by atoms with van der Waals surface area (Å²) in [6, 6.07) is 2.94. The van der Waals surface area contributed by atoms with Crippen LogP contribution in [-0.4, -0.2) is 23.0 Å². The Hall–Kier alpha value is -1.36. The Kier molecular flexibility index (Phi) is 4.02. The molecular formula is C15H20ClN3O2. The summed E-state index contributed by atoms with van der Waals surface area (Å²) in [6.07, 6.45) is 8.85. The lowest BCUT2D eigenvalue weighted by molar-refractivity contribution is -0.384. The number of aromatic nitrogens is 1. The Bertz CT molecular complexity index is 534. The zero-order valence-electron chi connectivity index (χ0n) is 12.1. The largest absolute Gasteiger partial charge is 0.351 e. The van der Waals surface area contributed by atoms with E-state index in [9.17, 15) is 10.1 Å². The quantitative estimate of drug-likeness (QED) is 0.467. The second kappa shape index (κ2) is 5.79. The van der Waals surface area contributed by atoms with Gasteiger partial charge in [-0.3, -0.25) is 10.1 Å². The van der Waals surface area contributed by atoms with Gasteiger partial charge in [0.15, 0.2) is 0 Å². The van der Waals surface area contributed by atoms with Crippen LogP contribution in [0.2, 0.25) is 5.15 Å². The van der Waals surface area contributed by atoms with Crippen molar-refractivity contribution in [3.05, 3.63) is 27.4 Å². The van der Waals surface area contributed by atoms with E-state index in [2.05, 4.69) is 4.98 Å². The number of nitro groups is 1. The van der Waals surface area contributed by atoms with Crippen LogP contribution in [0.15, 0.2) is 12.1 Å². The molecule has 114 valence electrons. The second-order valence-corrected chi connectivity index (χ2v) is 6.67. The molecule has 0 aromatic carbocycles. The lowest BCUT2D eigenvalue weighted by atomic mass is 9.68. The highest BCUT2D eigenvalue weighted by Gasteiger charge is 2.37. The average molecular weight is 310 g/mol. The van der Waals surface area contributed by atoms with Crippen LogP contribution >= 0.6 is 11.6 Å². The molecule has 1 aromatic heterocycles. The number of halogens is 1. The predicted octanol–water partition coefficient (Wildman–Crippen LogP) is 4.19. The molecule has 0 atom stereocenters. The van der Waals surface area contributed by atoms with Crippen molar-refractivity contribution in [2.45, 2.75) is 44.9 Å². The van der Waals surface area contributed by atoms with Gasteiger partial charge in [0.25, 0.3) is 0 Å². The van der Waals surface area contributed by atoms with Gasteiger partial charge in [-0.15, -0.1) is 0 Å². The van der Waals surface area contributed by atoms with Crippen molar-refractivity contribution < 1.29 is 4.92 Å². The van der Waals surface area contributed by atoms with Crippen molar-refractivity contribution in [3.8, 4) is 0 Å². The summed E-state index contributed by atoms with van der Waals surface area (Å²) in [4.78, 5) is 17.0. The summed E-state index contributed by atoms with van der Waals surface area (Å²) >= 11 is 5.92. The van der Waals surface area contributed by atoms with Gasteiger partial charge in [0.05, 0.1) is 4.92 Å². The van der Waals surface area contributed by atoms with E-state index in [0.717, 1.165) is 25.9 Å². The zero-order chi connectivity index (χ0) is 14.9. The molecule has 0 radical (unpaired) electrons. The molecule has 6 heteroatoms. The molecule has 1 aliphatic carbocycles. The number of piperidine rings is 1. The van der Waals surface area contributed by atoms with E-state index in [4.69, 9.17) is 11.6 Å². The number of anilines is 1. The third kappa shape index (κ3) is 2.98. The maximum absolute atomic E-state index is 11.2. The van der Waals surface area contributed by atoms with Crippen molar-refractivity contribution >= 4 is 23.1 Å². The summed E-state index contributed by atoms with van der Waals surface area (Å²) in [7, 11) is 0. The molecule has 2 aliphatic rings. The van der Waals surface area contributed by atoms with Crippen LogP contribution in [-0.2, 0) is 0 Å². The molecule has 0 amide bonds. The summed E-state index contributed by atoms with van der Waals surface area (Å²) in [5.74, 6) is 0.429. The first-order chi connectivity index (χ1) is 10.1. The number of pyridine rings is 1. The Morgan fingerprint density at radius 1 is 1.14 bits per heavy atom. The van der Waals surface area contributed by atoms with E-state index in [-0.39, 0.29) is 10.6 Å². The van der Waals surface area contributed by atoms with E-state index in [1.807, 2.05) is 4.90 Å². The molecular weight excluding hydrogens is 290 g/mol. The van der Waals surface area contributed by atoms with Crippen molar-refractivity contribution in [1.29, 1.82) is 0 Å². The lowest BCUT2D eigenvalue weighted by Gasteiger charge is -2.44. The molecule has 1 saturated heterocycles. The molecule has 2 heterocycles. The third-order valence-electron chi connectivity index (χ3n) is 5.06. The highest BCUT2D eigenvalue weighted by Crippen LogP contribution is 2.45. The zero-order valence-corrected chi connectivity index (χ0v) is 12.8. The van der Waals surface area contributed by atoms with Gasteiger partial charge < -0.3 is 4.90 Å². The fourth-order valence-electron chi connectivity index (χ4n) is 3.79. The summed E-state index contributed by atoms with van der Waals surface area (Å²) in [6.45, 7) is 1.68. The van der Waals surface area contributed by atoms with Gasteiger partial charge in [-0.05, 0) is 37.2 Å². The molecule has 21 heavy (non-hydrogen) atoms. The SMILES string of the molecule is O=[N+]([O-])c1ccc(Cl)nc1N1CCC2(CCCCC2)CC1. The van der Waals surface area contributed by atoms with Crippen molar-refractivity contribution in [2.24, 2.45) is 5.41 Å². The van der Waals surface area contributed by atoms with Crippen LogP contribution < -0.4 is 4.90 Å². The highest BCUT2D eigenvalue weighted by atomic mass is 35.5. The normalized spacial score (nSPS) is 21.5. The van der Waals surface area contributed by atoms with E-state index >= 15 is 0 Å². The molecule has 0 bridgehead atoms. The minimum Gasteiger partial charge on any atom is -0.351 e. The van der Waals surface area contributed by atoms with Gasteiger partial charge in [-0.25, -0.2) is 4.98 Å². The topological polar surface area (TPSA) is 59.3 Å². The Morgan fingerprint density at radius 2 is 1.81 bits per heavy atom. The molecule has 1 saturated carbocycles. The van der Waals surface area contributed by atoms with Crippen molar-refractivity contribution in [1.82, 2.24) is 4.98 Å². The van der Waals surface area contributed by atoms with Crippen LogP contribution in [0.25, 0.3) is 0 Å². The Labute approximate surface area is 129 Å². The predicted molar refractivity (Wildman–Crippen MR) is 82.9 cm³/mol. The van der Waals surface area contributed by atoms with Gasteiger partial charge >= 0.3 is 5.69 Å². The van der Waals surface area contributed by atoms with Gasteiger partial charge in [-0.1, -0.05) is 30.9 Å². The number of rotatable bonds is 2. The monoisotopic (exact) mass is 309 g/mol. The second-order valence-electron chi connectivity index (χ2n) is 6.28. The maximum atomic E-state index is 11.2. The molecule has 0 unspecified atom stereocenters. The van der Waals surface area contributed by atoms with Crippen LogP contribution in [0.1, 0.15) is 44.9 Å². The average Bonchev–Trinajstić information content (AvgIpc) is 2.48. The molecule has 1 spiro atoms. The molecule has 3 rings (SSSR count). The number of hydrogen-bond acceptors (Lipinski definition) is 4. The Balaban J connectivity index is 1.77. The number of nitrogens with zero attached hydrogens (tertiary/aromatic N) is 3. The summed E-state index contributed by atoms with van der Waals surface area (Å²) < 4.78 is 0. The van der Waals surface area contributed by atoms with Crippen LogP contribution in [0.5, 0.6) is 0 Å². The minimum atomic E-state index is -0.371. The Morgan fingerprint density at radius 3 is 2.43 bits per heavy atom. The first kappa shape index (κ1) is 14.6. The van der Waals surface area contributed by atoms with Crippen molar-refractivity contribution in [3.63, 3.8) is 0 Å². The van der Waals surface area contributed by atoms with Gasteiger partial charge in [0.1, 0.15) is 5.15 Å². The fraction of sp³-hybridized carbons (Fsp3) is 0.667. The lowest BCUT2D eigenvalue weighted by Crippen LogP contribution is -2.41. The first-order valence-corrected chi connectivity index (χ1v) is 8.03. The smallest absolute Gasteiger partial charge is 0.311 e. The third-order valence-corrected chi connectivity index (χ3v) is 5.27. The first-order valence-electron chi connectivity index (χ1n) is 7.66. The summed E-state index contributed by atoms with van der Waals surface area (Å²) in [5, 5.41) is 11.5. The van der Waals surface area contributed by atoms with E-state index in [1.165, 1.54) is 44.2 Å². The fourth-order valence-corrected chi connectivity index (χ4v) is 3.93. The maximum Gasteiger partial charge on any atom is 0.311 e. The summed E-state index contributed by atoms with van der Waals surface area (Å²) in [5.41, 5.74) is 0.529. The molecule has 2 fully saturated rings. The van der Waals surface area contributed by atoms with Gasteiger partial charge in [0, 0.05) is 19.2 Å². The molecule has 5 nitrogen and oxygen atoms in total. The minimum absolute atomic E-state index is 0.0546. The highest BCUT2D eigenvalue weighted by molar-refractivity contribution is 6.29. The van der Waals surface area contributed by atoms with Gasteiger partial charge in [0.2, 0.25) is 5.82 Å². The van der Waals surface area contributed by atoms with Gasteiger partial charge in [-0.2, -0.15) is 0 Å². The van der Waals surface area contributed by atoms with Crippen LogP contribution in [0.3, 0.4) is 0 Å². The van der Waals surface area contributed by atoms with E-state index in [1.54, 1.807) is 0 Å². The van der Waals surface area contributed by atoms with Crippen LogP contribution in [0.4, 0.5) is 11.5 Å². The number of hydrogen-bond donors (Lipinski definition) is 0. The standard InChI is InChI=1S/C15H20ClN3O2/c16-13-5-4-12(19(20)21)14(17-13)18-10-8-15(9-11-18)6-2-1-3-7-15/h4-5H,1-3,6-11H2. The van der Waals surface area contributed by atoms with Crippen molar-refractivity contribution in [2.75, 3.05) is 18.0 Å². The molecule has 1 aromatic rings. The van der Waals surface area contributed by atoms with E-state index in [0.29, 0.717) is 16.4 Å². The molecule has 0 N–H and O–H groups in total. The molecule has 1 aliphatic heterocycles. The van der Waals surface area contributed by atoms with E-state index < -0.39 is 0 Å². The van der Waals surface area contributed by atoms with Crippen LogP contribution in [0, 0.1) is 15.5 Å².